The van der Waals surface area contributed by atoms with E-state index in [0.717, 1.165) is 50.5 Å². The monoisotopic (exact) mass is 394 g/mol. The Labute approximate surface area is 172 Å². The number of amides is 3. The van der Waals surface area contributed by atoms with Gasteiger partial charge < -0.3 is 5.32 Å². The topological polar surface area (TPSA) is 66.5 Å². The highest BCUT2D eigenvalue weighted by Crippen LogP contribution is 2.56. The van der Waals surface area contributed by atoms with Crippen LogP contribution in [-0.4, -0.2) is 34.7 Å². The Bertz CT molecular complexity index is 774. The third kappa shape index (κ3) is 3.28. The van der Waals surface area contributed by atoms with Crippen LogP contribution in [0.1, 0.15) is 56.9 Å². The molecule has 5 heteroatoms. The number of imide groups is 1. The van der Waals surface area contributed by atoms with Crippen molar-refractivity contribution in [3.8, 4) is 0 Å². The minimum Gasteiger partial charge on any atom is -0.352 e. The van der Waals surface area contributed by atoms with Gasteiger partial charge in [-0.1, -0.05) is 49.6 Å². The highest BCUT2D eigenvalue weighted by molar-refractivity contribution is 6.09. The maximum atomic E-state index is 13.3. The summed E-state index contributed by atoms with van der Waals surface area (Å²) < 4.78 is 0. The Morgan fingerprint density at radius 3 is 2.17 bits per heavy atom. The molecular weight excluding hydrogens is 364 g/mol. The molecule has 1 saturated heterocycles. The summed E-state index contributed by atoms with van der Waals surface area (Å²) >= 11 is 0. The van der Waals surface area contributed by atoms with Gasteiger partial charge in [0.2, 0.25) is 17.7 Å². The molecule has 1 N–H and O–H groups in total. The molecule has 0 radical (unpaired) electrons. The normalized spacial score (nSPS) is 32.5. The van der Waals surface area contributed by atoms with Gasteiger partial charge in [-0.05, 0) is 49.5 Å². The molecule has 0 unspecified atom stereocenters. The lowest BCUT2D eigenvalue weighted by atomic mass is 9.81. The van der Waals surface area contributed by atoms with Crippen LogP contribution in [0.4, 0.5) is 0 Å². The van der Waals surface area contributed by atoms with E-state index in [1.807, 2.05) is 30.3 Å². The van der Waals surface area contributed by atoms with Gasteiger partial charge in [-0.15, -0.1) is 0 Å². The van der Waals surface area contributed by atoms with Gasteiger partial charge in [-0.2, -0.15) is 0 Å². The number of carbonyl (C=O) groups is 3. The molecule has 1 heterocycles. The first-order chi connectivity index (χ1) is 14.1. The fraction of sp³-hybridized carbons (Fsp3) is 0.625. The van der Waals surface area contributed by atoms with E-state index in [1.54, 1.807) is 0 Å². The minimum atomic E-state index is -0.732. The van der Waals surface area contributed by atoms with Crippen LogP contribution in [0.15, 0.2) is 30.3 Å². The van der Waals surface area contributed by atoms with Gasteiger partial charge in [-0.25, -0.2) is 0 Å². The van der Waals surface area contributed by atoms with E-state index in [9.17, 15) is 14.4 Å². The van der Waals surface area contributed by atoms with E-state index in [1.165, 1.54) is 11.3 Å². The Morgan fingerprint density at radius 2 is 1.55 bits per heavy atom. The van der Waals surface area contributed by atoms with E-state index in [2.05, 4.69) is 5.32 Å². The van der Waals surface area contributed by atoms with Gasteiger partial charge in [0.05, 0.1) is 11.8 Å². The number of fused-ring (bicyclic) bond motifs is 5. The van der Waals surface area contributed by atoms with Crippen molar-refractivity contribution in [2.75, 3.05) is 0 Å². The van der Waals surface area contributed by atoms with E-state index in [0.29, 0.717) is 18.3 Å². The zero-order valence-electron chi connectivity index (χ0n) is 16.9. The molecule has 1 aromatic rings. The number of nitrogens with one attached hydrogen (secondary N) is 1. The van der Waals surface area contributed by atoms with E-state index in [-0.39, 0.29) is 35.6 Å². The van der Waals surface area contributed by atoms with Crippen molar-refractivity contribution in [2.24, 2.45) is 23.7 Å². The second kappa shape index (κ2) is 7.58. The Morgan fingerprint density at radius 1 is 0.931 bits per heavy atom. The number of hydrogen-bond acceptors (Lipinski definition) is 3. The van der Waals surface area contributed by atoms with Crippen LogP contribution in [0.3, 0.4) is 0 Å². The Kier molecular flexibility index (Phi) is 4.92. The largest absolute Gasteiger partial charge is 0.352 e. The van der Waals surface area contributed by atoms with Crippen molar-refractivity contribution in [1.29, 1.82) is 0 Å². The zero-order chi connectivity index (χ0) is 20.0. The van der Waals surface area contributed by atoms with E-state index >= 15 is 0 Å². The molecule has 29 heavy (non-hydrogen) atoms. The van der Waals surface area contributed by atoms with Crippen molar-refractivity contribution in [3.63, 3.8) is 0 Å². The van der Waals surface area contributed by atoms with Crippen LogP contribution >= 0.6 is 0 Å². The van der Waals surface area contributed by atoms with E-state index < -0.39 is 6.04 Å². The summed E-state index contributed by atoms with van der Waals surface area (Å²) in [6, 6.07) is 9.19. The summed E-state index contributed by atoms with van der Waals surface area (Å²) in [5, 5.41) is 3.18. The molecule has 0 spiro atoms. The van der Waals surface area contributed by atoms with Gasteiger partial charge in [0, 0.05) is 12.5 Å². The molecule has 154 valence electrons. The molecule has 0 aromatic heterocycles. The highest BCUT2D eigenvalue weighted by atomic mass is 16.2. The predicted octanol–water partition coefficient (Wildman–Crippen LogP) is 3.08. The highest BCUT2D eigenvalue weighted by Gasteiger charge is 2.62. The molecule has 3 saturated carbocycles. The molecule has 1 aromatic carbocycles. The lowest BCUT2D eigenvalue weighted by Crippen LogP contribution is -2.53. The number of benzene rings is 1. The van der Waals surface area contributed by atoms with Crippen molar-refractivity contribution in [1.82, 2.24) is 10.2 Å². The maximum Gasteiger partial charge on any atom is 0.243 e. The van der Waals surface area contributed by atoms with E-state index in [4.69, 9.17) is 0 Å². The SMILES string of the molecule is O=C(NC1CCCCC1)[C@@H](Cc1ccccc1)N1C(=O)[C@@H]2[C@@H]3CC[C@@H](C3)[C@@H]2C1=O. The lowest BCUT2D eigenvalue weighted by Gasteiger charge is -2.30. The number of nitrogens with zero attached hydrogens (tertiary/aromatic N) is 1. The fourth-order valence-electron chi connectivity index (χ4n) is 6.42. The Hall–Kier alpha value is -2.17. The fourth-order valence-corrected chi connectivity index (χ4v) is 6.42. The number of hydrogen-bond donors (Lipinski definition) is 1. The summed E-state index contributed by atoms with van der Waals surface area (Å²) in [6.45, 7) is 0. The van der Waals surface area contributed by atoms with Gasteiger partial charge >= 0.3 is 0 Å². The quantitative estimate of drug-likeness (QED) is 0.781. The molecule has 4 fully saturated rings. The van der Waals surface area contributed by atoms with Crippen molar-refractivity contribution in [3.05, 3.63) is 35.9 Å². The smallest absolute Gasteiger partial charge is 0.243 e. The van der Waals surface area contributed by atoms with Crippen molar-refractivity contribution in [2.45, 2.75) is 69.9 Å². The molecule has 3 aliphatic carbocycles. The van der Waals surface area contributed by atoms with Crippen molar-refractivity contribution < 1.29 is 14.4 Å². The van der Waals surface area contributed by atoms with Crippen LogP contribution in [0, 0.1) is 23.7 Å². The van der Waals surface area contributed by atoms with Crippen LogP contribution in [0.5, 0.6) is 0 Å². The average molecular weight is 395 g/mol. The summed E-state index contributed by atoms with van der Waals surface area (Å²) in [5.74, 6) is -0.0203. The summed E-state index contributed by atoms with van der Waals surface area (Å²) in [4.78, 5) is 41.4. The second-order valence-electron chi connectivity index (χ2n) is 9.48. The number of likely N-dealkylation sites (tertiary alicyclic amines) is 1. The van der Waals surface area contributed by atoms with Gasteiger partial charge in [0.25, 0.3) is 0 Å². The first kappa shape index (κ1) is 18.8. The first-order valence-corrected chi connectivity index (χ1v) is 11.3. The lowest BCUT2D eigenvalue weighted by molar-refractivity contribution is -0.149. The molecule has 5 atom stereocenters. The van der Waals surface area contributed by atoms with Gasteiger partial charge in [-0.3, -0.25) is 19.3 Å². The Balaban J connectivity index is 1.41. The summed E-state index contributed by atoms with van der Waals surface area (Å²) in [5.41, 5.74) is 0.983. The molecule has 1 aliphatic heterocycles. The number of carbonyl (C=O) groups excluding carboxylic acids is 3. The minimum absolute atomic E-state index is 0.0908. The van der Waals surface area contributed by atoms with Crippen molar-refractivity contribution >= 4 is 17.7 Å². The van der Waals surface area contributed by atoms with Crippen LogP contribution in [-0.2, 0) is 20.8 Å². The summed E-state index contributed by atoms with van der Waals surface area (Å²) in [6.07, 6.45) is 8.96. The molecule has 5 nitrogen and oxygen atoms in total. The standard InChI is InChI=1S/C24H30N2O3/c27-22(25-18-9-5-2-6-10-18)19(13-15-7-3-1-4-8-15)26-23(28)20-16-11-12-17(14-16)21(20)24(26)29/h1,3-4,7-8,16-21H,2,5-6,9-14H2,(H,25,27)/t16-,17+,19-,20-,21+/m1/s1. The summed E-state index contributed by atoms with van der Waals surface area (Å²) in [7, 11) is 0. The first-order valence-electron chi connectivity index (χ1n) is 11.3. The van der Waals surface area contributed by atoms with Gasteiger partial charge in [0.15, 0.2) is 0 Å². The second-order valence-corrected chi connectivity index (χ2v) is 9.48. The molecule has 5 rings (SSSR count). The molecule has 4 aliphatic rings. The zero-order valence-corrected chi connectivity index (χ0v) is 16.9. The van der Waals surface area contributed by atoms with Crippen LogP contribution in [0.2, 0.25) is 0 Å². The van der Waals surface area contributed by atoms with Crippen LogP contribution < -0.4 is 5.32 Å². The van der Waals surface area contributed by atoms with Gasteiger partial charge in [0.1, 0.15) is 6.04 Å². The van der Waals surface area contributed by atoms with Crippen LogP contribution in [0.25, 0.3) is 0 Å². The molecule has 3 amide bonds. The number of rotatable bonds is 5. The molecular formula is C24H30N2O3. The molecule has 2 bridgehead atoms. The predicted molar refractivity (Wildman–Crippen MR) is 109 cm³/mol. The third-order valence-corrected chi connectivity index (χ3v) is 7.80. The average Bonchev–Trinajstić information content (AvgIpc) is 3.42. The third-order valence-electron chi connectivity index (χ3n) is 7.80. The maximum absolute atomic E-state index is 13.3.